The minimum absolute atomic E-state index is 0.0146. The first-order chi connectivity index (χ1) is 36.9. The Morgan fingerprint density at radius 1 is 0.421 bits per heavy atom. The van der Waals surface area contributed by atoms with Gasteiger partial charge in [0.15, 0.2) is 8.07 Å². The van der Waals surface area contributed by atoms with Gasteiger partial charge in [0.1, 0.15) is 0 Å². The highest BCUT2D eigenvalue weighted by Gasteiger charge is 2.55. The van der Waals surface area contributed by atoms with Crippen molar-refractivity contribution in [2.75, 3.05) is 9.80 Å². The minimum atomic E-state index is -2.88. The van der Waals surface area contributed by atoms with Crippen LogP contribution in [0.4, 0.5) is 34.1 Å². The van der Waals surface area contributed by atoms with E-state index in [0.717, 1.165) is 17.8 Å². The molecule has 0 atom stereocenters. The average molecular weight is 999 g/mol. The maximum atomic E-state index is 2.79. The van der Waals surface area contributed by atoms with E-state index in [2.05, 4.69) is 258 Å². The van der Waals surface area contributed by atoms with Crippen LogP contribution in [0.3, 0.4) is 0 Å². The monoisotopic (exact) mass is 999 g/mol. The summed E-state index contributed by atoms with van der Waals surface area (Å²) in [5, 5.41) is 5.81. The minimum Gasteiger partial charge on any atom is -0.311 e. The van der Waals surface area contributed by atoms with Gasteiger partial charge >= 0.3 is 0 Å². The zero-order chi connectivity index (χ0) is 51.3. The van der Waals surface area contributed by atoms with Crippen LogP contribution in [0.5, 0.6) is 0 Å². The van der Waals surface area contributed by atoms with Crippen molar-refractivity contribution in [1.29, 1.82) is 0 Å². The van der Waals surface area contributed by atoms with E-state index in [1.54, 1.807) is 5.56 Å². The zero-order valence-corrected chi connectivity index (χ0v) is 46.1. The number of para-hydroxylation sites is 1. The van der Waals surface area contributed by atoms with Gasteiger partial charge in [0.05, 0.1) is 5.69 Å². The number of fused-ring (bicyclic) bond motifs is 7. The second-order valence-electron chi connectivity index (χ2n) is 25.9. The molecular formula is C72H67BN2Si. The molecule has 0 aromatic heterocycles. The molecule has 9 aromatic rings. The Hall–Kier alpha value is -7.14. The van der Waals surface area contributed by atoms with Crippen LogP contribution in [0.1, 0.15) is 96.8 Å². The van der Waals surface area contributed by atoms with Crippen molar-refractivity contribution in [2.24, 2.45) is 17.8 Å². The lowest BCUT2D eigenvalue weighted by Crippen LogP contribution is -2.73. The van der Waals surface area contributed by atoms with Crippen molar-refractivity contribution in [1.82, 2.24) is 0 Å². The van der Waals surface area contributed by atoms with Crippen LogP contribution in [-0.4, -0.2) is 14.8 Å². The molecule has 0 amide bonds. The number of rotatable bonds is 6. The van der Waals surface area contributed by atoms with Crippen molar-refractivity contribution in [3.8, 4) is 22.3 Å². The fourth-order valence-electron chi connectivity index (χ4n) is 16.3. The van der Waals surface area contributed by atoms with Crippen LogP contribution in [0.15, 0.2) is 206 Å². The van der Waals surface area contributed by atoms with Gasteiger partial charge in [-0.2, -0.15) is 0 Å². The van der Waals surface area contributed by atoms with Crippen LogP contribution >= 0.6 is 0 Å². The fraction of sp³-hybridized carbons (Fsp3) is 0.250. The molecule has 4 aliphatic carbocycles. The molecule has 0 unspecified atom stereocenters. The van der Waals surface area contributed by atoms with E-state index in [1.807, 2.05) is 0 Å². The summed E-state index contributed by atoms with van der Waals surface area (Å²) in [6.07, 6.45) is 8.15. The lowest BCUT2D eigenvalue weighted by Gasteiger charge is -2.57. The highest BCUT2D eigenvalue weighted by molar-refractivity contribution is 7.22. The molecule has 9 aromatic carbocycles. The molecule has 4 fully saturated rings. The van der Waals surface area contributed by atoms with Crippen molar-refractivity contribution < 1.29 is 0 Å². The molecule has 0 spiro atoms. The van der Waals surface area contributed by atoms with Crippen LogP contribution in [0.2, 0.25) is 0 Å². The molecule has 0 N–H and O–H groups in total. The third-order valence-corrected chi connectivity index (χ3v) is 24.2. The van der Waals surface area contributed by atoms with E-state index in [1.165, 1.54) is 143 Å². The van der Waals surface area contributed by atoms with Gasteiger partial charge in [-0.1, -0.05) is 205 Å². The van der Waals surface area contributed by atoms with Gasteiger partial charge in [-0.25, -0.2) is 0 Å². The van der Waals surface area contributed by atoms with E-state index in [0.29, 0.717) is 0 Å². The van der Waals surface area contributed by atoms with Crippen molar-refractivity contribution in [2.45, 2.75) is 96.3 Å². The van der Waals surface area contributed by atoms with Gasteiger partial charge in [-0.05, 0) is 186 Å². The second kappa shape index (κ2) is 16.7. The third-order valence-electron chi connectivity index (χ3n) is 19.4. The van der Waals surface area contributed by atoms with E-state index < -0.39 is 8.07 Å². The SMILES string of the molecule is CC(C)(C)c1cccc(N2c3cc(C(C)(C)C)ccc3B3c4cc5c(cc4N(c4ccccc4-c4ccccc4)c4cc(C67CC8CC(CC(C8)C6)C7)cc2c43)[Si](c2ccccc2)(c2ccccc2)c2ccccc2-5)c1. The van der Waals surface area contributed by atoms with Crippen LogP contribution < -0.4 is 46.9 Å². The second-order valence-corrected chi connectivity index (χ2v) is 29.7. The molecule has 4 heteroatoms. The van der Waals surface area contributed by atoms with Gasteiger partial charge in [0.25, 0.3) is 6.71 Å². The zero-order valence-electron chi connectivity index (χ0n) is 45.1. The Morgan fingerprint density at radius 2 is 0.974 bits per heavy atom. The summed E-state index contributed by atoms with van der Waals surface area (Å²) in [6.45, 7) is 14.2. The highest BCUT2D eigenvalue weighted by atomic mass is 28.3. The number of anilines is 6. The summed E-state index contributed by atoms with van der Waals surface area (Å²) in [7, 11) is -2.88. The molecule has 2 nitrogen and oxygen atoms in total. The summed E-state index contributed by atoms with van der Waals surface area (Å²) in [6, 6.07) is 81.3. The number of benzene rings is 9. The van der Waals surface area contributed by atoms with Gasteiger partial charge in [-0.15, -0.1) is 0 Å². The summed E-state index contributed by atoms with van der Waals surface area (Å²) in [5.74, 6) is 2.44. The fourth-order valence-corrected chi connectivity index (χ4v) is 21.5. The van der Waals surface area contributed by atoms with Crippen molar-refractivity contribution >= 4 is 86.0 Å². The molecule has 7 aliphatic rings. The van der Waals surface area contributed by atoms with Gasteiger partial charge < -0.3 is 9.80 Å². The Bertz CT molecular complexity index is 3720. The van der Waals surface area contributed by atoms with Crippen LogP contribution in [0.25, 0.3) is 22.3 Å². The number of hydrogen-bond donors (Lipinski definition) is 0. The predicted molar refractivity (Wildman–Crippen MR) is 326 cm³/mol. The number of hydrogen-bond acceptors (Lipinski definition) is 2. The molecule has 16 rings (SSSR count). The maximum absolute atomic E-state index is 2.88. The first kappa shape index (κ1) is 46.2. The quantitative estimate of drug-likeness (QED) is 0.153. The van der Waals surface area contributed by atoms with E-state index in [-0.39, 0.29) is 23.0 Å². The summed E-state index contributed by atoms with van der Waals surface area (Å²) in [5.41, 5.74) is 21.6. The van der Waals surface area contributed by atoms with E-state index in [9.17, 15) is 0 Å². The molecule has 4 saturated carbocycles. The largest absolute Gasteiger partial charge is 0.311 e. The summed E-state index contributed by atoms with van der Waals surface area (Å²) >= 11 is 0. The van der Waals surface area contributed by atoms with Crippen LogP contribution in [0, 0.1) is 17.8 Å². The lowest BCUT2D eigenvalue weighted by atomic mass is 9.33. The van der Waals surface area contributed by atoms with E-state index in [4.69, 9.17) is 0 Å². The molecule has 372 valence electrons. The van der Waals surface area contributed by atoms with Crippen LogP contribution in [-0.2, 0) is 16.2 Å². The average Bonchev–Trinajstić information content (AvgIpc) is 3.91. The van der Waals surface area contributed by atoms with E-state index >= 15 is 0 Å². The lowest BCUT2D eigenvalue weighted by molar-refractivity contribution is -0.00514. The number of nitrogens with zero attached hydrogens (tertiary/aromatic N) is 2. The Morgan fingerprint density at radius 3 is 1.62 bits per heavy atom. The molecular weight excluding hydrogens is 932 g/mol. The Balaban J connectivity index is 1.10. The van der Waals surface area contributed by atoms with Crippen molar-refractivity contribution in [3.05, 3.63) is 223 Å². The molecule has 4 bridgehead atoms. The third kappa shape index (κ3) is 6.78. The Kier molecular flexibility index (Phi) is 10.1. The molecule has 3 heterocycles. The molecule has 0 radical (unpaired) electrons. The van der Waals surface area contributed by atoms with Gasteiger partial charge in [0.2, 0.25) is 0 Å². The predicted octanol–water partition coefficient (Wildman–Crippen LogP) is 13.9. The van der Waals surface area contributed by atoms with Gasteiger partial charge in [-0.3, -0.25) is 0 Å². The standard InChI is InChI=1S/C72H67BN2Si/c1-70(2,3)51-23-20-24-54(38-51)74-63-39-52(71(4,5)6)33-34-60(63)73-61-42-59-58-30-17-19-32-67(58)76(55-25-12-8-13-26-55,56-27-14-9-15-28-56)68(59)43-64(61)75(62-31-18-16-29-57(62)50-21-10-7-11-22-50)66-41-53(40-65(74)69(66)73)72-44-47-35-48(45-72)37-49(36-47)46-72/h7-34,38-43,47-49H,35-37,44-46H2,1-6H3. The van der Waals surface area contributed by atoms with Gasteiger partial charge in [0, 0.05) is 34.0 Å². The normalized spacial score (nSPS) is 21.2. The summed E-state index contributed by atoms with van der Waals surface area (Å²) < 4.78 is 0. The van der Waals surface area contributed by atoms with Crippen molar-refractivity contribution in [3.63, 3.8) is 0 Å². The smallest absolute Gasteiger partial charge is 0.252 e. The summed E-state index contributed by atoms with van der Waals surface area (Å²) in [4.78, 5) is 5.52. The molecule has 76 heavy (non-hydrogen) atoms. The first-order valence-electron chi connectivity index (χ1n) is 28.4. The highest BCUT2D eigenvalue weighted by Crippen LogP contribution is 2.62. The Labute approximate surface area is 452 Å². The topological polar surface area (TPSA) is 6.48 Å². The molecule has 3 aliphatic heterocycles. The molecule has 0 saturated heterocycles. The first-order valence-corrected chi connectivity index (χ1v) is 30.4. The maximum Gasteiger partial charge on any atom is 0.252 e.